The molecule has 1 aliphatic heterocycles. The molecule has 0 fully saturated rings. The van der Waals surface area contributed by atoms with Crippen molar-refractivity contribution in [3.63, 3.8) is 0 Å². The van der Waals surface area contributed by atoms with Crippen LogP contribution in [-0.2, 0) is 23.9 Å². The number of carbonyl (C=O) groups excluding carboxylic acids is 1. The van der Waals surface area contributed by atoms with E-state index < -0.39 is 17.8 Å². The molecule has 0 aliphatic carbocycles. The van der Waals surface area contributed by atoms with Crippen LogP contribution in [0.15, 0.2) is 48.5 Å². The van der Waals surface area contributed by atoms with Gasteiger partial charge in [0, 0.05) is 29.9 Å². The summed E-state index contributed by atoms with van der Waals surface area (Å²) in [6.45, 7) is 2.58. The zero-order chi connectivity index (χ0) is 22.7. The number of halogens is 3. The Labute approximate surface area is 183 Å². The van der Waals surface area contributed by atoms with Gasteiger partial charge in [-0.1, -0.05) is 18.6 Å². The van der Waals surface area contributed by atoms with Crippen LogP contribution in [-0.4, -0.2) is 26.7 Å². The summed E-state index contributed by atoms with van der Waals surface area (Å²) >= 11 is 0. The number of hydrogen-bond acceptors (Lipinski definition) is 4. The smallest absolute Gasteiger partial charge is 0.374 e. The number of alkyl halides is 3. The fourth-order valence-corrected chi connectivity index (χ4v) is 3.76. The molecule has 1 amide bonds. The lowest BCUT2D eigenvalue weighted by Crippen LogP contribution is -2.31. The number of fused-ring (bicyclic) bond motifs is 1. The zero-order valence-electron chi connectivity index (χ0n) is 17.6. The van der Waals surface area contributed by atoms with Crippen molar-refractivity contribution in [3.8, 4) is 11.4 Å². The van der Waals surface area contributed by atoms with Crippen molar-refractivity contribution in [3.05, 3.63) is 59.9 Å². The number of anilines is 2. The summed E-state index contributed by atoms with van der Waals surface area (Å²) < 4.78 is 40.2. The molecular weight excluding hydrogens is 419 g/mol. The summed E-state index contributed by atoms with van der Waals surface area (Å²) in [7, 11) is 0. The lowest BCUT2D eigenvalue weighted by atomic mass is 10.1. The quantitative estimate of drug-likeness (QED) is 0.574. The summed E-state index contributed by atoms with van der Waals surface area (Å²) in [5.74, 6) is 1.46. The molecule has 3 aromatic rings. The Morgan fingerprint density at radius 2 is 1.81 bits per heavy atom. The van der Waals surface area contributed by atoms with E-state index in [1.165, 1.54) is 18.6 Å². The lowest BCUT2D eigenvalue weighted by Gasteiger charge is -2.16. The van der Waals surface area contributed by atoms with Crippen molar-refractivity contribution in [1.29, 1.82) is 0 Å². The molecule has 0 saturated carbocycles. The maximum Gasteiger partial charge on any atom is 0.416 e. The number of benzene rings is 2. The van der Waals surface area contributed by atoms with E-state index in [4.69, 9.17) is 0 Å². The molecule has 0 bridgehead atoms. The normalized spacial score (nSPS) is 14.9. The molecule has 0 unspecified atom stereocenters. The first-order chi connectivity index (χ1) is 15.3. The summed E-state index contributed by atoms with van der Waals surface area (Å²) in [5.41, 5.74) is 1.19. The van der Waals surface area contributed by atoms with Crippen LogP contribution in [0.1, 0.15) is 37.6 Å². The Bertz CT molecular complexity index is 1090. The molecule has 1 aromatic heterocycles. The van der Waals surface area contributed by atoms with Gasteiger partial charge in [0.25, 0.3) is 0 Å². The molecule has 4 rings (SSSR count). The van der Waals surface area contributed by atoms with E-state index >= 15 is 0 Å². The van der Waals surface area contributed by atoms with Crippen LogP contribution in [0, 0.1) is 0 Å². The van der Waals surface area contributed by atoms with Gasteiger partial charge >= 0.3 is 6.18 Å². The maximum atomic E-state index is 12.7. The highest BCUT2D eigenvalue weighted by Crippen LogP contribution is 2.30. The van der Waals surface area contributed by atoms with Crippen LogP contribution in [0.4, 0.5) is 24.5 Å². The minimum atomic E-state index is -4.41. The predicted octanol–water partition coefficient (Wildman–Crippen LogP) is 5.13. The molecule has 2 aromatic carbocycles. The SMILES string of the molecule is C[C@@H](Nc1cccc(-c2nnc3n2CCCCC3)c1)C(=O)Nc1ccc(C(F)(F)F)cc1. The molecule has 168 valence electrons. The Morgan fingerprint density at radius 1 is 1.03 bits per heavy atom. The van der Waals surface area contributed by atoms with E-state index in [-0.39, 0.29) is 5.91 Å². The van der Waals surface area contributed by atoms with Gasteiger partial charge in [0.15, 0.2) is 5.82 Å². The summed E-state index contributed by atoms with van der Waals surface area (Å²) in [5, 5.41) is 14.5. The van der Waals surface area contributed by atoms with E-state index in [9.17, 15) is 18.0 Å². The molecule has 9 heteroatoms. The van der Waals surface area contributed by atoms with Crippen molar-refractivity contribution < 1.29 is 18.0 Å². The number of rotatable bonds is 5. The van der Waals surface area contributed by atoms with Crippen LogP contribution < -0.4 is 10.6 Å². The van der Waals surface area contributed by atoms with Gasteiger partial charge in [-0.05, 0) is 56.2 Å². The third kappa shape index (κ3) is 4.92. The third-order valence-corrected chi connectivity index (χ3v) is 5.49. The fourth-order valence-electron chi connectivity index (χ4n) is 3.76. The van der Waals surface area contributed by atoms with Crippen LogP contribution in [0.25, 0.3) is 11.4 Å². The highest BCUT2D eigenvalue weighted by molar-refractivity contribution is 5.96. The summed E-state index contributed by atoms with van der Waals surface area (Å²) in [6, 6.07) is 11.4. The lowest BCUT2D eigenvalue weighted by molar-refractivity contribution is -0.137. The number of hydrogen-bond donors (Lipinski definition) is 2. The highest BCUT2D eigenvalue weighted by atomic mass is 19.4. The van der Waals surface area contributed by atoms with Crippen molar-refractivity contribution in [2.75, 3.05) is 10.6 Å². The first-order valence-corrected chi connectivity index (χ1v) is 10.6. The van der Waals surface area contributed by atoms with Gasteiger partial charge in [0.1, 0.15) is 11.9 Å². The number of nitrogens with zero attached hydrogens (tertiary/aromatic N) is 3. The van der Waals surface area contributed by atoms with E-state index in [1.807, 2.05) is 24.3 Å². The number of aryl methyl sites for hydroxylation is 1. The second-order valence-electron chi connectivity index (χ2n) is 7.91. The van der Waals surface area contributed by atoms with Crippen LogP contribution >= 0.6 is 0 Å². The summed E-state index contributed by atoms with van der Waals surface area (Å²) in [4.78, 5) is 12.5. The van der Waals surface area contributed by atoms with Crippen LogP contribution in [0.3, 0.4) is 0 Å². The van der Waals surface area contributed by atoms with Crippen LogP contribution in [0.2, 0.25) is 0 Å². The minimum absolute atomic E-state index is 0.302. The molecular formula is C23H24F3N5O. The average molecular weight is 443 g/mol. The highest BCUT2D eigenvalue weighted by Gasteiger charge is 2.30. The average Bonchev–Trinajstić information content (AvgIpc) is 3.02. The summed E-state index contributed by atoms with van der Waals surface area (Å²) in [6.07, 6.45) is -0.102. The van der Waals surface area contributed by atoms with Crippen molar-refractivity contribution >= 4 is 17.3 Å². The second-order valence-corrected chi connectivity index (χ2v) is 7.91. The molecule has 6 nitrogen and oxygen atoms in total. The van der Waals surface area contributed by atoms with Crippen LogP contribution in [0.5, 0.6) is 0 Å². The van der Waals surface area contributed by atoms with Gasteiger partial charge in [-0.15, -0.1) is 10.2 Å². The van der Waals surface area contributed by atoms with E-state index in [0.29, 0.717) is 5.69 Å². The fraction of sp³-hybridized carbons (Fsp3) is 0.348. The van der Waals surface area contributed by atoms with Crippen molar-refractivity contribution in [1.82, 2.24) is 14.8 Å². The molecule has 1 aliphatic rings. The molecule has 2 heterocycles. The monoisotopic (exact) mass is 443 g/mol. The Hall–Kier alpha value is -3.36. The van der Waals surface area contributed by atoms with Crippen molar-refractivity contribution in [2.45, 2.75) is 51.4 Å². The van der Waals surface area contributed by atoms with Gasteiger partial charge in [-0.3, -0.25) is 4.79 Å². The molecule has 0 spiro atoms. The first-order valence-electron chi connectivity index (χ1n) is 10.6. The minimum Gasteiger partial charge on any atom is -0.374 e. The zero-order valence-corrected chi connectivity index (χ0v) is 17.6. The topological polar surface area (TPSA) is 71.8 Å². The Kier molecular flexibility index (Phi) is 6.16. The van der Waals surface area contributed by atoms with E-state index in [1.54, 1.807) is 6.92 Å². The molecule has 2 N–H and O–H groups in total. The van der Waals surface area contributed by atoms with E-state index in [2.05, 4.69) is 25.4 Å². The van der Waals surface area contributed by atoms with Gasteiger partial charge < -0.3 is 15.2 Å². The van der Waals surface area contributed by atoms with Gasteiger partial charge in [-0.25, -0.2) is 0 Å². The molecule has 32 heavy (non-hydrogen) atoms. The third-order valence-electron chi connectivity index (χ3n) is 5.49. The van der Waals surface area contributed by atoms with Crippen molar-refractivity contribution in [2.24, 2.45) is 0 Å². The number of nitrogens with one attached hydrogen (secondary N) is 2. The number of amides is 1. The molecule has 0 saturated heterocycles. The maximum absolute atomic E-state index is 12.7. The standard InChI is InChI=1S/C23H24F3N5O/c1-15(22(32)28-18-11-9-17(10-12-18)23(24,25)26)27-19-7-5-6-16(14-19)21-30-29-20-8-3-2-4-13-31(20)21/h5-7,9-12,14-15,27H,2-4,8,13H2,1H3,(H,28,32)/t15-/m1/s1. The van der Waals surface area contributed by atoms with Gasteiger partial charge in [0.2, 0.25) is 5.91 Å². The Balaban J connectivity index is 1.43. The van der Waals surface area contributed by atoms with Gasteiger partial charge in [-0.2, -0.15) is 13.2 Å². The Morgan fingerprint density at radius 3 is 2.56 bits per heavy atom. The second kappa shape index (κ2) is 9.02. The molecule has 1 atom stereocenters. The van der Waals surface area contributed by atoms with E-state index in [0.717, 1.165) is 60.8 Å². The largest absolute Gasteiger partial charge is 0.416 e. The predicted molar refractivity (Wildman–Crippen MR) is 116 cm³/mol. The first kappa shape index (κ1) is 21.9. The number of carbonyl (C=O) groups is 1. The number of aromatic nitrogens is 3. The molecule has 0 radical (unpaired) electrons. The van der Waals surface area contributed by atoms with Gasteiger partial charge in [0.05, 0.1) is 5.56 Å².